The normalized spacial score (nSPS) is 14.2. The fourth-order valence-electron chi connectivity index (χ4n) is 3.49. The largest absolute Gasteiger partial charge is 0.508 e. The molecule has 194 valence electrons. The zero-order chi connectivity index (χ0) is 26.8. The van der Waals surface area contributed by atoms with E-state index in [0.717, 1.165) is 11.1 Å². The Morgan fingerprint density at radius 3 is 1.92 bits per heavy atom. The van der Waals surface area contributed by atoms with E-state index in [-0.39, 0.29) is 24.5 Å². The highest BCUT2D eigenvalue weighted by Gasteiger charge is 2.29. The van der Waals surface area contributed by atoms with Gasteiger partial charge in [0.1, 0.15) is 23.9 Å². The molecule has 0 bridgehead atoms. The molecule has 4 atom stereocenters. The van der Waals surface area contributed by atoms with Crippen LogP contribution >= 0.6 is 0 Å². The Bertz CT molecular complexity index is 1040. The third-order valence-electron chi connectivity index (χ3n) is 5.63. The van der Waals surface area contributed by atoms with Crippen molar-refractivity contribution in [1.82, 2.24) is 16.0 Å². The van der Waals surface area contributed by atoms with Gasteiger partial charge in [-0.1, -0.05) is 56.3 Å². The monoisotopic (exact) mass is 498 g/mol. The lowest BCUT2D eigenvalue weighted by Crippen LogP contribution is -2.57. The molecule has 0 aromatic heterocycles. The van der Waals surface area contributed by atoms with E-state index in [9.17, 15) is 29.4 Å². The molecule has 0 saturated carbocycles. The Hall–Kier alpha value is -3.92. The first-order chi connectivity index (χ1) is 17.0. The van der Waals surface area contributed by atoms with Crippen molar-refractivity contribution in [3.8, 4) is 5.75 Å². The molecule has 7 N–H and O–H groups in total. The molecule has 3 amide bonds. The highest BCUT2D eigenvalue weighted by Crippen LogP contribution is 2.11. The van der Waals surface area contributed by atoms with Crippen molar-refractivity contribution in [2.45, 2.75) is 57.8 Å². The summed E-state index contributed by atoms with van der Waals surface area (Å²) in [6.07, 6.45) is 0.346. The van der Waals surface area contributed by atoms with E-state index >= 15 is 0 Å². The van der Waals surface area contributed by atoms with Gasteiger partial charge < -0.3 is 31.9 Å². The van der Waals surface area contributed by atoms with Gasteiger partial charge in [-0.05, 0) is 42.5 Å². The van der Waals surface area contributed by atoms with Crippen molar-refractivity contribution >= 4 is 23.7 Å². The predicted octanol–water partition coefficient (Wildman–Crippen LogP) is 0.720. The summed E-state index contributed by atoms with van der Waals surface area (Å²) in [5.74, 6) is -3.25. The van der Waals surface area contributed by atoms with Gasteiger partial charge in [0.2, 0.25) is 17.7 Å². The van der Waals surface area contributed by atoms with Crippen LogP contribution in [0.5, 0.6) is 5.75 Å². The first-order valence-electron chi connectivity index (χ1n) is 11.7. The highest BCUT2D eigenvalue weighted by molar-refractivity contribution is 5.94. The minimum Gasteiger partial charge on any atom is -0.508 e. The van der Waals surface area contributed by atoms with Gasteiger partial charge in [0.25, 0.3) is 0 Å². The number of benzene rings is 2. The Morgan fingerprint density at radius 2 is 1.36 bits per heavy atom. The van der Waals surface area contributed by atoms with E-state index in [2.05, 4.69) is 16.0 Å². The van der Waals surface area contributed by atoms with Crippen molar-refractivity contribution in [2.24, 2.45) is 11.7 Å². The second-order valence-corrected chi connectivity index (χ2v) is 9.03. The lowest BCUT2D eigenvalue weighted by Gasteiger charge is -2.24. The molecule has 0 fully saturated rings. The van der Waals surface area contributed by atoms with Crippen LogP contribution < -0.4 is 21.7 Å². The summed E-state index contributed by atoms with van der Waals surface area (Å²) < 4.78 is 0. The van der Waals surface area contributed by atoms with Crippen LogP contribution in [0.3, 0.4) is 0 Å². The Morgan fingerprint density at radius 1 is 0.778 bits per heavy atom. The maximum atomic E-state index is 13.1. The molecule has 0 aliphatic rings. The summed E-state index contributed by atoms with van der Waals surface area (Å²) >= 11 is 0. The summed E-state index contributed by atoms with van der Waals surface area (Å²) in [7, 11) is 0. The molecule has 0 heterocycles. The van der Waals surface area contributed by atoms with Crippen molar-refractivity contribution < 1.29 is 29.4 Å². The van der Waals surface area contributed by atoms with E-state index in [1.165, 1.54) is 19.1 Å². The van der Waals surface area contributed by atoms with Crippen LogP contribution in [0.2, 0.25) is 0 Å². The molecule has 0 spiro atoms. The summed E-state index contributed by atoms with van der Waals surface area (Å²) in [6.45, 7) is 4.76. The van der Waals surface area contributed by atoms with Crippen LogP contribution in [0.4, 0.5) is 0 Å². The molecule has 36 heavy (non-hydrogen) atoms. The van der Waals surface area contributed by atoms with Gasteiger partial charge in [-0.25, -0.2) is 4.79 Å². The van der Waals surface area contributed by atoms with E-state index in [1.54, 1.807) is 50.2 Å². The third-order valence-corrected chi connectivity index (χ3v) is 5.63. The van der Waals surface area contributed by atoms with E-state index in [0.29, 0.717) is 0 Å². The van der Waals surface area contributed by atoms with Gasteiger partial charge in [-0.15, -0.1) is 0 Å². The molecule has 2 aromatic carbocycles. The number of carbonyl (C=O) groups excluding carboxylic acids is 3. The average Bonchev–Trinajstić information content (AvgIpc) is 2.83. The smallest absolute Gasteiger partial charge is 0.326 e. The molecule has 2 aromatic rings. The molecule has 2 rings (SSSR count). The van der Waals surface area contributed by atoms with Crippen LogP contribution in [0.15, 0.2) is 54.6 Å². The summed E-state index contributed by atoms with van der Waals surface area (Å²) in [4.78, 5) is 49.8. The van der Waals surface area contributed by atoms with Crippen LogP contribution in [0, 0.1) is 5.92 Å². The van der Waals surface area contributed by atoms with Crippen LogP contribution in [0.25, 0.3) is 0 Å². The number of hydrogen-bond donors (Lipinski definition) is 6. The van der Waals surface area contributed by atoms with Crippen molar-refractivity contribution in [2.75, 3.05) is 0 Å². The van der Waals surface area contributed by atoms with Gasteiger partial charge in [0.05, 0.1) is 6.04 Å². The topological polar surface area (TPSA) is 171 Å². The summed E-state index contributed by atoms with van der Waals surface area (Å²) in [6, 6.07) is 11.2. The number of aliphatic carboxylic acids is 1. The number of rotatable bonds is 12. The second-order valence-electron chi connectivity index (χ2n) is 9.03. The predicted molar refractivity (Wildman–Crippen MR) is 134 cm³/mol. The van der Waals surface area contributed by atoms with Gasteiger partial charge >= 0.3 is 5.97 Å². The number of hydrogen-bond acceptors (Lipinski definition) is 6. The third kappa shape index (κ3) is 8.70. The van der Waals surface area contributed by atoms with Gasteiger partial charge in [0.15, 0.2) is 0 Å². The molecular formula is C26H34N4O6. The Labute approximate surface area is 210 Å². The molecular weight excluding hydrogens is 464 g/mol. The minimum absolute atomic E-state index is 0.0950. The van der Waals surface area contributed by atoms with E-state index in [1.807, 2.05) is 6.07 Å². The lowest BCUT2D eigenvalue weighted by atomic mass is 10.0. The number of carboxylic acids is 1. The van der Waals surface area contributed by atoms with E-state index < -0.39 is 47.9 Å². The zero-order valence-electron chi connectivity index (χ0n) is 20.6. The highest BCUT2D eigenvalue weighted by atomic mass is 16.4. The van der Waals surface area contributed by atoms with Crippen LogP contribution in [-0.2, 0) is 32.0 Å². The quantitative estimate of drug-likeness (QED) is 0.250. The maximum absolute atomic E-state index is 13.1. The zero-order valence-corrected chi connectivity index (χ0v) is 20.6. The number of amides is 3. The van der Waals surface area contributed by atoms with Gasteiger partial charge in [-0.2, -0.15) is 0 Å². The van der Waals surface area contributed by atoms with Crippen molar-refractivity contribution in [3.63, 3.8) is 0 Å². The van der Waals surface area contributed by atoms with Crippen LogP contribution in [0.1, 0.15) is 31.9 Å². The molecule has 0 aliphatic heterocycles. The first kappa shape index (κ1) is 28.3. The van der Waals surface area contributed by atoms with Gasteiger partial charge in [-0.3, -0.25) is 14.4 Å². The number of aromatic hydroxyl groups is 1. The molecule has 4 unspecified atom stereocenters. The Balaban J connectivity index is 2.10. The number of phenolic OH excluding ortho intramolecular Hbond substituents is 1. The molecule has 10 nitrogen and oxygen atoms in total. The minimum atomic E-state index is -1.17. The number of carboxylic acid groups (broad SMARTS) is 1. The molecule has 0 aliphatic carbocycles. The average molecular weight is 499 g/mol. The molecule has 0 radical (unpaired) electrons. The summed E-state index contributed by atoms with van der Waals surface area (Å²) in [5, 5.41) is 26.4. The van der Waals surface area contributed by atoms with Gasteiger partial charge in [0, 0.05) is 6.42 Å². The second kappa shape index (κ2) is 13.2. The van der Waals surface area contributed by atoms with Crippen molar-refractivity contribution in [1.29, 1.82) is 0 Å². The number of carbonyl (C=O) groups is 4. The first-order valence-corrected chi connectivity index (χ1v) is 11.7. The summed E-state index contributed by atoms with van der Waals surface area (Å²) in [5.41, 5.74) is 7.59. The molecule has 0 saturated heterocycles. The fourth-order valence-corrected chi connectivity index (χ4v) is 3.49. The Kier molecular flexibility index (Phi) is 10.4. The number of phenols is 1. The molecule has 10 heteroatoms. The fraction of sp³-hybridized carbons (Fsp3) is 0.385. The maximum Gasteiger partial charge on any atom is 0.326 e. The number of nitrogens with one attached hydrogen (secondary N) is 3. The standard InChI is InChI=1S/C26H34N4O6/c1-15(2)22(26(35)36)30-23(32)16(3)28-25(34)21(14-17-7-5-4-6-8-17)29-24(33)20(27)13-18-9-11-19(31)12-10-18/h4-12,15-16,20-22,31H,13-14,27H2,1-3H3,(H,28,34)(H,29,33)(H,30,32)(H,35,36). The number of nitrogens with two attached hydrogens (primary N) is 1. The van der Waals surface area contributed by atoms with Crippen LogP contribution in [-0.4, -0.2) is 58.1 Å². The SMILES string of the molecule is CC(NC(=O)C(Cc1ccccc1)NC(=O)C(N)Cc1ccc(O)cc1)C(=O)NC(C(=O)O)C(C)C. The van der Waals surface area contributed by atoms with Crippen molar-refractivity contribution in [3.05, 3.63) is 65.7 Å². The van der Waals surface area contributed by atoms with E-state index in [4.69, 9.17) is 5.73 Å². The lowest BCUT2D eigenvalue weighted by molar-refractivity contribution is -0.143.